The number of benzene rings is 1. The molecule has 3 rings (SSSR count). The molecule has 0 aliphatic carbocycles. The molecule has 140 valence electrons. The Morgan fingerprint density at radius 1 is 1.33 bits per heavy atom. The maximum absolute atomic E-state index is 12.7. The van der Waals surface area contributed by atoms with Crippen LogP contribution in [0.1, 0.15) is 30.5 Å². The second kappa shape index (κ2) is 7.92. The zero-order valence-electron chi connectivity index (χ0n) is 15.0. The van der Waals surface area contributed by atoms with Crippen molar-refractivity contribution in [3.8, 4) is 5.75 Å². The summed E-state index contributed by atoms with van der Waals surface area (Å²) in [6.45, 7) is 2.34. The van der Waals surface area contributed by atoms with Gasteiger partial charge in [-0.2, -0.15) is 0 Å². The monoisotopic (exact) mass is 430 g/mol. The van der Waals surface area contributed by atoms with E-state index in [4.69, 9.17) is 4.74 Å². The summed E-state index contributed by atoms with van der Waals surface area (Å²) in [5.41, 5.74) is 1.17. The number of hydrogen-bond donors (Lipinski definition) is 1. The summed E-state index contributed by atoms with van der Waals surface area (Å²) in [4.78, 5) is 30.9. The van der Waals surface area contributed by atoms with E-state index >= 15 is 0 Å². The Hall–Kier alpha value is -2.67. The van der Waals surface area contributed by atoms with Crippen LogP contribution in [0.25, 0.3) is 5.76 Å². The highest BCUT2D eigenvalue weighted by molar-refractivity contribution is 9.10. The average Bonchev–Trinajstić information content (AvgIpc) is 2.93. The molecule has 27 heavy (non-hydrogen) atoms. The van der Waals surface area contributed by atoms with Crippen LogP contribution in [0.2, 0.25) is 0 Å². The number of Topliss-reactive ketones (excluding diaryl/α,β-unsaturated/α-hetero) is 1. The summed E-state index contributed by atoms with van der Waals surface area (Å²) in [5.74, 6) is -0.924. The van der Waals surface area contributed by atoms with Gasteiger partial charge in [0, 0.05) is 24.5 Å². The number of pyridine rings is 1. The first-order valence-electron chi connectivity index (χ1n) is 8.51. The van der Waals surface area contributed by atoms with Crippen LogP contribution in [0.5, 0.6) is 5.75 Å². The minimum absolute atomic E-state index is 0.0681. The lowest BCUT2D eigenvalue weighted by Crippen LogP contribution is -2.30. The third-order valence-corrected chi connectivity index (χ3v) is 5.05. The smallest absolute Gasteiger partial charge is 0.295 e. The second-order valence-corrected chi connectivity index (χ2v) is 6.98. The van der Waals surface area contributed by atoms with Crippen molar-refractivity contribution < 1.29 is 19.4 Å². The van der Waals surface area contributed by atoms with Gasteiger partial charge in [-0.25, -0.2) is 0 Å². The quantitative estimate of drug-likeness (QED) is 0.444. The zero-order chi connectivity index (χ0) is 19.6. The first-order chi connectivity index (χ1) is 13.0. The fraction of sp³-hybridized carbons (Fsp3) is 0.250. The van der Waals surface area contributed by atoms with Gasteiger partial charge >= 0.3 is 0 Å². The van der Waals surface area contributed by atoms with Crippen molar-refractivity contribution >= 4 is 33.4 Å². The van der Waals surface area contributed by atoms with Crippen LogP contribution >= 0.6 is 15.9 Å². The lowest BCUT2D eigenvalue weighted by atomic mass is 9.96. The van der Waals surface area contributed by atoms with E-state index in [-0.39, 0.29) is 11.3 Å². The number of halogens is 1. The van der Waals surface area contributed by atoms with Crippen molar-refractivity contribution in [3.05, 3.63) is 63.9 Å². The first-order valence-corrected chi connectivity index (χ1v) is 9.31. The highest BCUT2D eigenvalue weighted by Gasteiger charge is 2.45. The van der Waals surface area contributed by atoms with Gasteiger partial charge in [-0.1, -0.05) is 13.0 Å². The molecule has 1 aliphatic rings. The molecule has 1 aromatic heterocycles. The van der Waals surface area contributed by atoms with Crippen molar-refractivity contribution in [2.45, 2.75) is 19.4 Å². The Bertz CT molecular complexity index is 911. The molecular weight excluding hydrogens is 412 g/mol. The lowest BCUT2D eigenvalue weighted by molar-refractivity contribution is -0.139. The van der Waals surface area contributed by atoms with Gasteiger partial charge in [0.15, 0.2) is 0 Å². The van der Waals surface area contributed by atoms with Crippen LogP contribution < -0.4 is 4.74 Å². The van der Waals surface area contributed by atoms with E-state index in [1.807, 2.05) is 6.92 Å². The van der Waals surface area contributed by atoms with E-state index in [0.29, 0.717) is 34.3 Å². The molecule has 0 saturated carbocycles. The number of aliphatic hydroxyl groups excluding tert-OH is 1. The molecule has 1 aliphatic heterocycles. The van der Waals surface area contributed by atoms with E-state index in [0.717, 1.165) is 0 Å². The topological polar surface area (TPSA) is 79.7 Å². The predicted octanol–water partition coefficient (Wildman–Crippen LogP) is 3.68. The van der Waals surface area contributed by atoms with Gasteiger partial charge in [0.1, 0.15) is 11.5 Å². The number of methoxy groups -OCH3 is 1. The largest absolute Gasteiger partial charge is 0.507 e. The van der Waals surface area contributed by atoms with E-state index in [1.165, 1.54) is 12.0 Å². The second-order valence-electron chi connectivity index (χ2n) is 6.13. The molecule has 1 atom stereocenters. The van der Waals surface area contributed by atoms with Crippen molar-refractivity contribution in [1.82, 2.24) is 9.88 Å². The minimum Gasteiger partial charge on any atom is -0.507 e. The molecule has 1 saturated heterocycles. The van der Waals surface area contributed by atoms with Gasteiger partial charge in [-0.3, -0.25) is 14.6 Å². The third-order valence-electron chi connectivity index (χ3n) is 4.43. The van der Waals surface area contributed by atoms with Crippen LogP contribution in [0.4, 0.5) is 0 Å². The van der Waals surface area contributed by atoms with Crippen LogP contribution in [-0.2, 0) is 9.59 Å². The molecule has 1 aromatic carbocycles. The maximum atomic E-state index is 12.7. The van der Waals surface area contributed by atoms with Crippen LogP contribution in [-0.4, -0.2) is 40.3 Å². The van der Waals surface area contributed by atoms with Gasteiger partial charge in [0.2, 0.25) is 0 Å². The summed E-state index contributed by atoms with van der Waals surface area (Å²) in [5, 5.41) is 10.9. The van der Waals surface area contributed by atoms with Gasteiger partial charge in [0.05, 0.1) is 23.2 Å². The summed E-state index contributed by atoms with van der Waals surface area (Å²) in [7, 11) is 1.54. The third kappa shape index (κ3) is 3.47. The minimum atomic E-state index is -0.693. The number of carbonyl (C=O) groups is 2. The number of nitrogens with zero attached hydrogens (tertiary/aromatic N) is 2. The number of likely N-dealkylation sites (tertiary alicyclic amines) is 1. The Labute approximate surface area is 165 Å². The SMILES string of the molecule is CCCN1C(=O)C(=O)/C(=C(\O)c2ccc(OC)c(Br)c2)C1c1cccnc1. The number of ketones is 1. The van der Waals surface area contributed by atoms with E-state index < -0.39 is 17.7 Å². The van der Waals surface area contributed by atoms with Crippen molar-refractivity contribution in [3.63, 3.8) is 0 Å². The molecule has 0 radical (unpaired) electrons. The fourth-order valence-electron chi connectivity index (χ4n) is 3.20. The van der Waals surface area contributed by atoms with Gasteiger partial charge in [-0.05, 0) is 52.2 Å². The summed E-state index contributed by atoms with van der Waals surface area (Å²) < 4.78 is 5.83. The molecule has 2 heterocycles. The molecule has 1 amide bonds. The van der Waals surface area contributed by atoms with E-state index in [2.05, 4.69) is 20.9 Å². The zero-order valence-corrected chi connectivity index (χ0v) is 16.6. The molecule has 1 unspecified atom stereocenters. The summed E-state index contributed by atoms with van der Waals surface area (Å²) in [6, 6.07) is 7.85. The Morgan fingerprint density at radius 3 is 2.70 bits per heavy atom. The highest BCUT2D eigenvalue weighted by Crippen LogP contribution is 2.40. The molecule has 7 heteroatoms. The number of ether oxygens (including phenoxy) is 1. The number of carbonyl (C=O) groups excluding carboxylic acids is 2. The number of aromatic nitrogens is 1. The van der Waals surface area contributed by atoms with Crippen molar-refractivity contribution in [2.24, 2.45) is 0 Å². The first kappa shape index (κ1) is 19.1. The summed E-state index contributed by atoms with van der Waals surface area (Å²) in [6.07, 6.45) is 3.92. The number of amides is 1. The Kier molecular flexibility index (Phi) is 5.60. The van der Waals surface area contributed by atoms with Gasteiger partial charge in [0.25, 0.3) is 11.7 Å². The Morgan fingerprint density at radius 2 is 2.11 bits per heavy atom. The molecule has 1 fully saturated rings. The summed E-state index contributed by atoms with van der Waals surface area (Å²) >= 11 is 3.38. The van der Waals surface area contributed by atoms with Crippen LogP contribution in [0.3, 0.4) is 0 Å². The average molecular weight is 431 g/mol. The molecular formula is C20H19BrN2O4. The normalized spacial score (nSPS) is 18.8. The van der Waals surface area contributed by atoms with Gasteiger partial charge < -0.3 is 14.7 Å². The van der Waals surface area contributed by atoms with Crippen molar-refractivity contribution in [2.75, 3.05) is 13.7 Å². The standard InChI is InChI=1S/C20H19BrN2O4/c1-3-9-23-17(13-5-4-8-22-11-13)16(19(25)20(23)26)18(24)12-6-7-15(27-2)14(21)10-12/h4-8,10-11,17,24H,3,9H2,1-2H3/b18-16-. The lowest BCUT2D eigenvalue weighted by Gasteiger charge is -2.24. The molecule has 0 bridgehead atoms. The molecule has 1 N–H and O–H groups in total. The number of rotatable bonds is 5. The van der Waals surface area contributed by atoms with Gasteiger partial charge in [-0.15, -0.1) is 0 Å². The molecule has 0 spiro atoms. The van der Waals surface area contributed by atoms with E-state index in [1.54, 1.807) is 42.7 Å². The number of aliphatic hydroxyl groups is 1. The van der Waals surface area contributed by atoms with Crippen LogP contribution in [0, 0.1) is 0 Å². The number of hydrogen-bond acceptors (Lipinski definition) is 5. The Balaban J connectivity index is 2.17. The fourth-order valence-corrected chi connectivity index (χ4v) is 3.75. The van der Waals surface area contributed by atoms with E-state index in [9.17, 15) is 14.7 Å². The van der Waals surface area contributed by atoms with Crippen LogP contribution in [0.15, 0.2) is 52.8 Å². The highest BCUT2D eigenvalue weighted by atomic mass is 79.9. The maximum Gasteiger partial charge on any atom is 0.295 e. The molecule has 2 aromatic rings. The van der Waals surface area contributed by atoms with Crippen molar-refractivity contribution in [1.29, 1.82) is 0 Å². The predicted molar refractivity (Wildman–Crippen MR) is 104 cm³/mol. The molecule has 6 nitrogen and oxygen atoms in total.